The molecule has 5 nitrogen and oxygen atoms in total. The van der Waals surface area contributed by atoms with Crippen molar-refractivity contribution in [3.8, 4) is 0 Å². The van der Waals surface area contributed by atoms with E-state index < -0.39 is 4.92 Å². The highest BCUT2D eigenvalue weighted by atomic mass is 35.5. The van der Waals surface area contributed by atoms with Crippen LogP contribution in [-0.4, -0.2) is 42.0 Å². The molecule has 0 bridgehead atoms. The van der Waals surface area contributed by atoms with Crippen molar-refractivity contribution in [3.05, 3.63) is 38.9 Å². The summed E-state index contributed by atoms with van der Waals surface area (Å²) in [5.74, 6) is 0. The first-order chi connectivity index (χ1) is 9.41. The van der Waals surface area contributed by atoms with Gasteiger partial charge in [-0.1, -0.05) is 23.8 Å². The largest absolute Gasteiger partial charge is 0.376 e. The summed E-state index contributed by atoms with van der Waals surface area (Å²) >= 11 is 11.0. The zero-order valence-corrected chi connectivity index (χ0v) is 13.1. The van der Waals surface area contributed by atoms with Gasteiger partial charge in [-0.25, -0.2) is 0 Å². The van der Waals surface area contributed by atoms with E-state index in [9.17, 15) is 10.1 Å². The molecule has 0 aromatic heterocycles. The summed E-state index contributed by atoms with van der Waals surface area (Å²) in [6.45, 7) is 1.71. The van der Waals surface area contributed by atoms with Gasteiger partial charge in [0, 0.05) is 17.6 Å². The number of nitro benzene ring substituents is 1. The van der Waals surface area contributed by atoms with Crippen molar-refractivity contribution in [1.29, 1.82) is 0 Å². The van der Waals surface area contributed by atoms with Crippen LogP contribution in [0.25, 0.3) is 0 Å². The second-order valence-corrected chi connectivity index (χ2v) is 5.53. The minimum Gasteiger partial charge on any atom is -0.376 e. The molecule has 1 N–H and O–H groups in total. The number of rotatable bonds is 7. The second kappa shape index (κ2) is 8.14. The molecule has 7 heteroatoms. The third-order valence-corrected chi connectivity index (χ3v) is 3.32. The molecule has 0 saturated heterocycles. The molecule has 0 heterocycles. The molecule has 0 fully saturated rings. The SMILES string of the molecule is CN(C)CCCCNC(=S)c1ccc(Cl)cc1[N+](=O)[O-]. The van der Waals surface area contributed by atoms with Crippen molar-refractivity contribution in [2.24, 2.45) is 0 Å². The third-order valence-electron chi connectivity index (χ3n) is 2.72. The quantitative estimate of drug-likeness (QED) is 0.363. The Morgan fingerprint density at radius 3 is 2.75 bits per heavy atom. The number of benzene rings is 1. The Labute approximate surface area is 129 Å². The minimum absolute atomic E-state index is 0.0664. The Hall–Kier alpha value is -1.24. The predicted molar refractivity (Wildman–Crippen MR) is 85.6 cm³/mol. The van der Waals surface area contributed by atoms with E-state index in [1.807, 2.05) is 14.1 Å². The molecule has 1 rings (SSSR count). The molecule has 0 atom stereocenters. The number of unbranched alkanes of at least 4 members (excludes halogenated alkanes) is 1. The number of nitrogens with one attached hydrogen (secondary N) is 1. The van der Waals surface area contributed by atoms with Crippen LogP contribution < -0.4 is 5.32 Å². The smallest absolute Gasteiger partial charge is 0.281 e. The van der Waals surface area contributed by atoms with E-state index in [1.165, 1.54) is 6.07 Å². The van der Waals surface area contributed by atoms with Gasteiger partial charge in [-0.3, -0.25) is 10.1 Å². The van der Waals surface area contributed by atoms with Gasteiger partial charge in [-0.15, -0.1) is 0 Å². The van der Waals surface area contributed by atoms with Gasteiger partial charge in [0.1, 0.15) is 4.99 Å². The molecule has 0 aliphatic heterocycles. The first kappa shape index (κ1) is 16.8. The minimum atomic E-state index is -0.471. The lowest BCUT2D eigenvalue weighted by molar-refractivity contribution is -0.385. The maximum atomic E-state index is 11.0. The lowest BCUT2D eigenvalue weighted by atomic mass is 10.1. The van der Waals surface area contributed by atoms with E-state index in [2.05, 4.69) is 10.2 Å². The van der Waals surface area contributed by atoms with Crippen LogP contribution in [0.15, 0.2) is 18.2 Å². The summed E-state index contributed by atoms with van der Waals surface area (Å²) in [6, 6.07) is 4.50. The molecule has 0 spiro atoms. The van der Waals surface area contributed by atoms with Crippen LogP contribution in [0.1, 0.15) is 18.4 Å². The lowest BCUT2D eigenvalue weighted by Crippen LogP contribution is -2.25. The molecular formula is C13H18ClN3O2S. The van der Waals surface area contributed by atoms with Crippen molar-refractivity contribution in [2.75, 3.05) is 27.2 Å². The fraction of sp³-hybridized carbons (Fsp3) is 0.462. The van der Waals surface area contributed by atoms with Crippen molar-refractivity contribution in [1.82, 2.24) is 10.2 Å². The van der Waals surface area contributed by atoms with Crippen LogP contribution in [-0.2, 0) is 0 Å². The number of nitrogens with zero attached hydrogens (tertiary/aromatic N) is 2. The van der Waals surface area contributed by atoms with Crippen molar-refractivity contribution in [3.63, 3.8) is 0 Å². The fourth-order valence-electron chi connectivity index (χ4n) is 1.70. The van der Waals surface area contributed by atoms with Gasteiger partial charge < -0.3 is 10.2 Å². The highest BCUT2D eigenvalue weighted by molar-refractivity contribution is 7.80. The molecule has 0 amide bonds. The molecule has 0 aliphatic carbocycles. The number of hydrogen-bond donors (Lipinski definition) is 1. The maximum absolute atomic E-state index is 11.0. The topological polar surface area (TPSA) is 58.4 Å². The molecular weight excluding hydrogens is 298 g/mol. The summed E-state index contributed by atoms with van der Waals surface area (Å²) in [5, 5.41) is 14.4. The van der Waals surface area contributed by atoms with Crippen molar-refractivity contribution >= 4 is 34.5 Å². The Kier molecular flexibility index (Phi) is 6.84. The van der Waals surface area contributed by atoms with Crippen molar-refractivity contribution in [2.45, 2.75) is 12.8 Å². The highest BCUT2D eigenvalue weighted by Gasteiger charge is 2.17. The first-order valence-corrected chi connectivity index (χ1v) is 7.07. The molecule has 0 radical (unpaired) electrons. The number of thiocarbonyl (C=S) groups is 1. The molecule has 1 aromatic carbocycles. The summed E-state index contributed by atoms with van der Waals surface area (Å²) in [6.07, 6.45) is 2.00. The zero-order chi connectivity index (χ0) is 15.1. The number of nitro groups is 1. The molecule has 0 aliphatic rings. The summed E-state index contributed by atoms with van der Waals surface area (Å²) in [7, 11) is 4.05. The van der Waals surface area contributed by atoms with Crippen LogP contribution in [0.3, 0.4) is 0 Å². The molecule has 1 aromatic rings. The predicted octanol–water partition coefficient (Wildman–Crippen LogP) is 2.86. The summed E-state index contributed by atoms with van der Waals surface area (Å²) in [5.41, 5.74) is 0.338. The molecule has 110 valence electrons. The Morgan fingerprint density at radius 1 is 1.45 bits per heavy atom. The second-order valence-electron chi connectivity index (χ2n) is 4.68. The van der Waals surface area contributed by atoms with Crippen LogP contribution in [0.4, 0.5) is 5.69 Å². The van der Waals surface area contributed by atoms with E-state index in [-0.39, 0.29) is 5.69 Å². The number of halogens is 1. The monoisotopic (exact) mass is 315 g/mol. The molecule has 0 saturated carbocycles. The van der Waals surface area contributed by atoms with E-state index >= 15 is 0 Å². The van der Waals surface area contributed by atoms with Gasteiger partial charge in [0.05, 0.1) is 10.5 Å². The van der Waals surface area contributed by atoms with E-state index in [1.54, 1.807) is 12.1 Å². The fourth-order valence-corrected chi connectivity index (χ4v) is 2.14. The van der Waals surface area contributed by atoms with Crippen LogP contribution in [0.2, 0.25) is 5.02 Å². The van der Waals surface area contributed by atoms with Gasteiger partial charge in [-0.05, 0) is 45.6 Å². The Balaban J connectivity index is 2.57. The van der Waals surface area contributed by atoms with E-state index in [4.69, 9.17) is 23.8 Å². The summed E-state index contributed by atoms with van der Waals surface area (Å²) < 4.78 is 0. The van der Waals surface area contributed by atoms with E-state index in [0.29, 0.717) is 22.1 Å². The highest BCUT2D eigenvalue weighted by Crippen LogP contribution is 2.23. The summed E-state index contributed by atoms with van der Waals surface area (Å²) in [4.78, 5) is 13.0. The Bertz CT molecular complexity index is 495. The van der Waals surface area contributed by atoms with Crippen molar-refractivity contribution < 1.29 is 4.92 Å². The lowest BCUT2D eigenvalue weighted by Gasteiger charge is -2.11. The Morgan fingerprint density at radius 2 is 2.15 bits per heavy atom. The third kappa shape index (κ3) is 5.40. The van der Waals surface area contributed by atoms with Gasteiger partial charge in [0.15, 0.2) is 0 Å². The molecule has 0 unspecified atom stereocenters. The number of hydrogen-bond acceptors (Lipinski definition) is 4. The average Bonchev–Trinajstić information content (AvgIpc) is 2.37. The first-order valence-electron chi connectivity index (χ1n) is 6.28. The zero-order valence-electron chi connectivity index (χ0n) is 11.6. The standard InChI is InChI=1S/C13H18ClN3O2S/c1-16(2)8-4-3-7-15-13(20)11-6-5-10(14)9-12(11)17(18)19/h5-6,9H,3-4,7-8H2,1-2H3,(H,15,20). The van der Waals surface area contributed by atoms with E-state index in [0.717, 1.165) is 19.4 Å². The van der Waals surface area contributed by atoms with Gasteiger partial charge >= 0.3 is 0 Å². The molecule has 20 heavy (non-hydrogen) atoms. The van der Waals surface area contributed by atoms with Gasteiger partial charge in [-0.2, -0.15) is 0 Å². The van der Waals surface area contributed by atoms with Gasteiger partial charge in [0.2, 0.25) is 0 Å². The maximum Gasteiger partial charge on any atom is 0.281 e. The van der Waals surface area contributed by atoms with Crippen LogP contribution >= 0.6 is 23.8 Å². The average molecular weight is 316 g/mol. The van der Waals surface area contributed by atoms with Crippen LogP contribution in [0.5, 0.6) is 0 Å². The normalized spacial score (nSPS) is 10.6. The van der Waals surface area contributed by atoms with Crippen LogP contribution in [0, 0.1) is 10.1 Å². The van der Waals surface area contributed by atoms with Gasteiger partial charge in [0.25, 0.3) is 5.69 Å².